The molecule has 0 aliphatic heterocycles. The molecule has 0 aromatic rings. The Balaban J connectivity index is 3.81. The van der Waals surface area contributed by atoms with Crippen molar-refractivity contribution in [2.75, 3.05) is 0 Å². The molecule has 0 saturated heterocycles. The summed E-state index contributed by atoms with van der Waals surface area (Å²) in [6.07, 6.45) is 0. The first-order valence-corrected chi connectivity index (χ1v) is 3.71. The molecule has 10 heavy (non-hydrogen) atoms. The van der Waals surface area contributed by atoms with Gasteiger partial charge in [-0.3, -0.25) is 0 Å². The number of rotatable bonds is 2. The van der Waals surface area contributed by atoms with Crippen LogP contribution in [0.5, 0.6) is 0 Å². The van der Waals surface area contributed by atoms with Crippen LogP contribution < -0.4 is 0 Å². The van der Waals surface area contributed by atoms with Crippen LogP contribution in [0.4, 0.5) is 0 Å². The van der Waals surface area contributed by atoms with Crippen LogP contribution in [0.1, 0.15) is 34.6 Å². The fraction of sp³-hybridized carbons (Fsp3) is 0.778. The lowest BCUT2D eigenvalue weighted by molar-refractivity contribution is 0.0388. The predicted molar refractivity (Wildman–Crippen MR) is 44.8 cm³/mol. The fourth-order valence-electron chi connectivity index (χ4n) is 0.511. The molecule has 0 saturated carbocycles. The van der Waals surface area contributed by atoms with Gasteiger partial charge in [0.15, 0.2) is 0 Å². The molecule has 0 aliphatic carbocycles. The summed E-state index contributed by atoms with van der Waals surface area (Å²) in [5.74, 6) is 1.28. The van der Waals surface area contributed by atoms with Crippen LogP contribution in [0.25, 0.3) is 0 Å². The number of allylic oxidation sites excluding steroid dienone is 1. The molecule has 0 bridgehead atoms. The normalized spacial score (nSPS) is 11.8. The third kappa shape index (κ3) is 4.42. The molecule has 0 rings (SSSR count). The smallest absolute Gasteiger partial charge is 0.100 e. The zero-order chi connectivity index (χ0) is 8.36. The van der Waals surface area contributed by atoms with Crippen LogP contribution in [0, 0.1) is 5.92 Å². The van der Waals surface area contributed by atoms with Crippen molar-refractivity contribution in [1.29, 1.82) is 0 Å². The van der Waals surface area contributed by atoms with Crippen LogP contribution in [0.3, 0.4) is 0 Å². The van der Waals surface area contributed by atoms with E-state index in [1.807, 2.05) is 20.8 Å². The number of ether oxygens (including phenoxy) is 1. The molecule has 0 atom stereocenters. The molecular formula is C9H18O. The van der Waals surface area contributed by atoms with Crippen molar-refractivity contribution in [2.45, 2.75) is 40.2 Å². The Bertz CT molecular complexity index is 117. The van der Waals surface area contributed by atoms with E-state index >= 15 is 0 Å². The van der Waals surface area contributed by atoms with E-state index in [0.717, 1.165) is 5.76 Å². The number of hydrogen-bond donors (Lipinski definition) is 0. The molecule has 60 valence electrons. The zero-order valence-electron chi connectivity index (χ0n) is 7.69. The van der Waals surface area contributed by atoms with Crippen molar-refractivity contribution in [1.82, 2.24) is 0 Å². The Labute approximate surface area is 64.1 Å². The van der Waals surface area contributed by atoms with Crippen LogP contribution in [0.2, 0.25) is 0 Å². The van der Waals surface area contributed by atoms with E-state index in [1.165, 1.54) is 0 Å². The maximum atomic E-state index is 5.50. The van der Waals surface area contributed by atoms with E-state index in [1.54, 1.807) is 0 Å². The maximum Gasteiger partial charge on any atom is 0.100 e. The van der Waals surface area contributed by atoms with Crippen LogP contribution >= 0.6 is 0 Å². The Morgan fingerprint density at radius 2 is 1.70 bits per heavy atom. The summed E-state index contributed by atoms with van der Waals surface area (Å²) in [6.45, 7) is 14.1. The van der Waals surface area contributed by atoms with Gasteiger partial charge in [0.2, 0.25) is 0 Å². The highest BCUT2D eigenvalue weighted by Gasteiger charge is 2.13. The van der Waals surface area contributed by atoms with Gasteiger partial charge in [0.1, 0.15) is 5.60 Å². The highest BCUT2D eigenvalue weighted by atomic mass is 16.5. The summed E-state index contributed by atoms with van der Waals surface area (Å²) in [5, 5.41) is 0. The Morgan fingerprint density at radius 3 is 1.80 bits per heavy atom. The van der Waals surface area contributed by atoms with Gasteiger partial charge >= 0.3 is 0 Å². The summed E-state index contributed by atoms with van der Waals surface area (Å²) in [5.41, 5.74) is -0.0959. The largest absolute Gasteiger partial charge is 0.493 e. The minimum absolute atomic E-state index is 0.0959. The van der Waals surface area contributed by atoms with Gasteiger partial charge in [-0.1, -0.05) is 20.4 Å². The summed E-state index contributed by atoms with van der Waals surface area (Å²) >= 11 is 0. The van der Waals surface area contributed by atoms with Crippen molar-refractivity contribution in [3.63, 3.8) is 0 Å². The van der Waals surface area contributed by atoms with E-state index in [0.29, 0.717) is 5.92 Å². The van der Waals surface area contributed by atoms with Gasteiger partial charge in [0.05, 0.1) is 5.76 Å². The van der Waals surface area contributed by atoms with E-state index in [4.69, 9.17) is 4.74 Å². The van der Waals surface area contributed by atoms with Crippen molar-refractivity contribution in [3.05, 3.63) is 12.3 Å². The fourth-order valence-corrected chi connectivity index (χ4v) is 0.511. The number of hydrogen-bond acceptors (Lipinski definition) is 1. The standard InChI is InChI=1S/C9H18O/c1-7(2)8(3)10-9(4,5)6/h7H,3H2,1-2,4-6H3. The lowest BCUT2D eigenvalue weighted by atomic mass is 10.1. The topological polar surface area (TPSA) is 9.23 Å². The first-order valence-electron chi connectivity index (χ1n) is 3.71. The maximum absolute atomic E-state index is 5.50. The molecule has 0 fully saturated rings. The highest BCUT2D eigenvalue weighted by Crippen LogP contribution is 2.17. The zero-order valence-corrected chi connectivity index (χ0v) is 7.69. The van der Waals surface area contributed by atoms with Crippen LogP contribution in [0.15, 0.2) is 12.3 Å². The first kappa shape index (κ1) is 9.54. The second kappa shape index (κ2) is 3.09. The predicted octanol–water partition coefficient (Wildman–Crippen LogP) is 2.97. The summed E-state index contributed by atoms with van der Waals surface area (Å²) in [6, 6.07) is 0. The highest BCUT2D eigenvalue weighted by molar-refractivity contribution is 4.88. The van der Waals surface area contributed by atoms with Gasteiger partial charge in [-0.2, -0.15) is 0 Å². The van der Waals surface area contributed by atoms with Crippen molar-refractivity contribution in [3.8, 4) is 0 Å². The molecule has 0 aromatic carbocycles. The molecule has 0 N–H and O–H groups in total. The van der Waals surface area contributed by atoms with Crippen LogP contribution in [-0.4, -0.2) is 5.60 Å². The van der Waals surface area contributed by atoms with Gasteiger partial charge in [-0.05, 0) is 20.8 Å². The van der Waals surface area contributed by atoms with Gasteiger partial charge in [-0.25, -0.2) is 0 Å². The van der Waals surface area contributed by atoms with Gasteiger partial charge in [0, 0.05) is 5.92 Å². The van der Waals surface area contributed by atoms with Gasteiger partial charge < -0.3 is 4.74 Å². The molecular weight excluding hydrogens is 124 g/mol. The third-order valence-electron chi connectivity index (χ3n) is 1.08. The molecule has 0 aromatic heterocycles. The average Bonchev–Trinajstić information content (AvgIpc) is 1.60. The summed E-state index contributed by atoms with van der Waals surface area (Å²) < 4.78 is 5.50. The second-order valence-corrected chi connectivity index (χ2v) is 3.84. The molecule has 0 amide bonds. The van der Waals surface area contributed by atoms with Gasteiger partial charge in [-0.15, -0.1) is 0 Å². The Kier molecular flexibility index (Phi) is 2.95. The molecule has 0 heterocycles. The summed E-state index contributed by atoms with van der Waals surface area (Å²) in [4.78, 5) is 0. The first-order chi connectivity index (χ1) is 4.33. The van der Waals surface area contributed by atoms with Crippen molar-refractivity contribution < 1.29 is 4.74 Å². The lowest BCUT2D eigenvalue weighted by Crippen LogP contribution is -2.19. The minimum Gasteiger partial charge on any atom is -0.493 e. The van der Waals surface area contributed by atoms with E-state index in [-0.39, 0.29) is 5.60 Å². The van der Waals surface area contributed by atoms with Crippen molar-refractivity contribution in [2.24, 2.45) is 5.92 Å². The molecule has 0 aliphatic rings. The van der Waals surface area contributed by atoms with E-state index < -0.39 is 0 Å². The lowest BCUT2D eigenvalue weighted by Gasteiger charge is -2.24. The van der Waals surface area contributed by atoms with Gasteiger partial charge in [0.25, 0.3) is 0 Å². The quantitative estimate of drug-likeness (QED) is 0.538. The summed E-state index contributed by atoms with van der Waals surface area (Å²) in [7, 11) is 0. The molecule has 1 heteroatoms. The minimum atomic E-state index is -0.0959. The average molecular weight is 142 g/mol. The van der Waals surface area contributed by atoms with E-state index in [9.17, 15) is 0 Å². The third-order valence-corrected chi connectivity index (χ3v) is 1.08. The van der Waals surface area contributed by atoms with Crippen molar-refractivity contribution >= 4 is 0 Å². The Morgan fingerprint density at radius 1 is 1.30 bits per heavy atom. The molecule has 0 spiro atoms. The SMILES string of the molecule is C=C(OC(C)(C)C)C(C)C. The molecule has 0 unspecified atom stereocenters. The molecule has 0 radical (unpaired) electrons. The monoisotopic (exact) mass is 142 g/mol. The molecule has 1 nitrogen and oxygen atoms in total. The van der Waals surface area contributed by atoms with Crippen LogP contribution in [-0.2, 0) is 4.74 Å². The van der Waals surface area contributed by atoms with E-state index in [2.05, 4.69) is 20.4 Å². The Hall–Kier alpha value is -0.460. The second-order valence-electron chi connectivity index (χ2n) is 3.84.